The van der Waals surface area contributed by atoms with Crippen LogP contribution in [0.5, 0.6) is 11.6 Å². The second-order valence-corrected chi connectivity index (χ2v) is 11.1. The third-order valence-corrected chi connectivity index (χ3v) is 8.71. The Morgan fingerprint density at radius 3 is 2.74 bits per heavy atom. The summed E-state index contributed by atoms with van der Waals surface area (Å²) in [6.45, 7) is 1.55. The summed E-state index contributed by atoms with van der Waals surface area (Å²) in [5.41, 5.74) is 6.91. The van der Waals surface area contributed by atoms with Gasteiger partial charge in [0, 0.05) is 6.04 Å². The molecule has 3 aromatic rings. The van der Waals surface area contributed by atoms with Crippen LogP contribution in [0.1, 0.15) is 25.8 Å². The fraction of sp³-hybridized carbons (Fsp3) is 0.429. The van der Waals surface area contributed by atoms with Gasteiger partial charge in [-0.2, -0.15) is 14.6 Å². The van der Waals surface area contributed by atoms with Crippen molar-refractivity contribution in [1.29, 1.82) is 0 Å². The van der Waals surface area contributed by atoms with Gasteiger partial charge in [0.2, 0.25) is 11.8 Å². The maximum atomic E-state index is 13.8. The number of halogens is 1. The van der Waals surface area contributed by atoms with Gasteiger partial charge >= 0.3 is 13.7 Å². The number of nitrogens with zero attached hydrogens (tertiary/aromatic N) is 5. The van der Waals surface area contributed by atoms with E-state index in [1.165, 1.54) is 21.1 Å². The van der Waals surface area contributed by atoms with Crippen molar-refractivity contribution >= 4 is 46.8 Å². The van der Waals surface area contributed by atoms with Gasteiger partial charge in [-0.25, -0.2) is 9.55 Å². The Bertz CT molecular complexity index is 1280. The van der Waals surface area contributed by atoms with Gasteiger partial charge in [0.05, 0.1) is 24.5 Å². The molecule has 35 heavy (non-hydrogen) atoms. The first kappa shape index (κ1) is 25.4. The van der Waals surface area contributed by atoms with Crippen molar-refractivity contribution in [3.8, 4) is 11.6 Å². The molecule has 0 spiro atoms. The van der Waals surface area contributed by atoms with Gasteiger partial charge in [-0.05, 0) is 60.8 Å². The Morgan fingerprint density at radius 2 is 2.09 bits per heavy atom. The lowest BCUT2D eigenvalue weighted by molar-refractivity contribution is -0.140. The van der Waals surface area contributed by atoms with E-state index >= 15 is 0 Å². The van der Waals surface area contributed by atoms with Crippen LogP contribution in [0, 0.1) is 5.92 Å². The lowest BCUT2D eigenvalue weighted by atomic mass is 9.81. The molecular formula is C21H26BrN6O6P. The minimum Gasteiger partial charge on any atom is -0.480 e. The van der Waals surface area contributed by atoms with Crippen LogP contribution < -0.4 is 15.0 Å². The van der Waals surface area contributed by atoms with Gasteiger partial charge < -0.3 is 24.7 Å². The maximum absolute atomic E-state index is 13.8. The molecule has 2 heterocycles. The van der Waals surface area contributed by atoms with Gasteiger partial charge in [-0.15, -0.1) is 0 Å². The van der Waals surface area contributed by atoms with E-state index in [1.54, 1.807) is 30.6 Å². The van der Waals surface area contributed by atoms with Gasteiger partial charge in [-0.1, -0.05) is 12.1 Å². The van der Waals surface area contributed by atoms with Gasteiger partial charge in [0.25, 0.3) is 0 Å². The largest absolute Gasteiger partial charge is 0.480 e. The van der Waals surface area contributed by atoms with Crippen molar-refractivity contribution in [1.82, 2.24) is 24.2 Å². The average molecular weight is 569 g/mol. The summed E-state index contributed by atoms with van der Waals surface area (Å²) < 4.78 is 34.2. The van der Waals surface area contributed by atoms with Crippen LogP contribution in [0.4, 0.5) is 5.95 Å². The van der Waals surface area contributed by atoms with Crippen molar-refractivity contribution in [2.24, 2.45) is 5.92 Å². The number of methoxy groups -OCH3 is 1. The van der Waals surface area contributed by atoms with Gasteiger partial charge in [-0.3, -0.25) is 9.32 Å². The summed E-state index contributed by atoms with van der Waals surface area (Å²) in [6.07, 6.45) is 3.10. The highest BCUT2D eigenvalue weighted by molar-refractivity contribution is 9.10. The third-order valence-electron chi connectivity index (χ3n) is 6.03. The van der Waals surface area contributed by atoms with E-state index in [-0.39, 0.29) is 24.5 Å². The molecule has 3 N–H and O–H groups in total. The number of hydrogen-bond donors (Lipinski definition) is 2. The molecule has 1 fully saturated rings. The molecule has 2 aromatic heterocycles. The summed E-state index contributed by atoms with van der Waals surface area (Å²) in [6, 6.07) is 5.88. The van der Waals surface area contributed by atoms with Crippen LogP contribution in [0.25, 0.3) is 11.2 Å². The SMILES string of the molecule is COc1nc(N)nc2c1ncn2C1CC(COP(=O)(Oc2ccccc2Br)N(C)C(C)C(=O)O)C1. The predicted octanol–water partition coefficient (Wildman–Crippen LogP) is 3.74. The van der Waals surface area contributed by atoms with Crippen LogP contribution in [0.2, 0.25) is 0 Å². The Hall–Kier alpha value is -2.73. The van der Waals surface area contributed by atoms with E-state index in [0.717, 1.165) is 4.67 Å². The monoisotopic (exact) mass is 568 g/mol. The fourth-order valence-corrected chi connectivity index (χ4v) is 5.96. The molecule has 0 radical (unpaired) electrons. The topological polar surface area (TPSA) is 155 Å². The first-order valence-corrected chi connectivity index (χ1v) is 13.1. The van der Waals surface area contributed by atoms with Gasteiger partial charge in [0.1, 0.15) is 11.8 Å². The number of imidazole rings is 1. The van der Waals surface area contributed by atoms with Crippen LogP contribution in [-0.4, -0.2) is 62.1 Å². The number of rotatable bonds is 10. The van der Waals surface area contributed by atoms with Gasteiger partial charge in [0.15, 0.2) is 11.2 Å². The number of aliphatic carboxylic acids is 1. The number of anilines is 1. The summed E-state index contributed by atoms with van der Waals surface area (Å²) in [5, 5.41) is 9.43. The van der Waals surface area contributed by atoms with Crippen molar-refractivity contribution in [3.63, 3.8) is 0 Å². The molecule has 2 unspecified atom stereocenters. The predicted molar refractivity (Wildman–Crippen MR) is 131 cm³/mol. The summed E-state index contributed by atoms with van der Waals surface area (Å²) >= 11 is 3.36. The van der Waals surface area contributed by atoms with E-state index < -0.39 is 19.8 Å². The molecule has 1 aromatic carbocycles. The molecule has 12 nitrogen and oxygen atoms in total. The zero-order valence-corrected chi connectivity index (χ0v) is 21.8. The number of likely N-dealkylation sites (N-methyl/N-ethyl adjacent to an activating group) is 1. The number of para-hydroxylation sites is 1. The average Bonchev–Trinajstić information content (AvgIpc) is 3.21. The minimum absolute atomic E-state index is 0.0724. The second-order valence-electron chi connectivity index (χ2n) is 8.28. The van der Waals surface area contributed by atoms with Crippen molar-refractivity contribution in [3.05, 3.63) is 35.1 Å². The molecule has 2 atom stereocenters. The van der Waals surface area contributed by atoms with Crippen molar-refractivity contribution in [2.75, 3.05) is 26.5 Å². The summed E-state index contributed by atoms with van der Waals surface area (Å²) in [5.74, 6) is -0.368. The van der Waals surface area contributed by atoms with E-state index in [2.05, 4.69) is 30.9 Å². The maximum Gasteiger partial charge on any atom is 0.461 e. The number of nitrogen functional groups attached to an aromatic ring is 1. The minimum atomic E-state index is -3.99. The highest BCUT2D eigenvalue weighted by Crippen LogP contribution is 2.54. The van der Waals surface area contributed by atoms with Crippen LogP contribution in [-0.2, 0) is 13.9 Å². The highest BCUT2D eigenvalue weighted by Gasteiger charge is 2.41. The Morgan fingerprint density at radius 1 is 1.37 bits per heavy atom. The van der Waals surface area contributed by atoms with E-state index in [0.29, 0.717) is 40.1 Å². The fourth-order valence-electron chi connectivity index (χ4n) is 3.78. The number of hydrogen-bond acceptors (Lipinski definition) is 9. The zero-order valence-electron chi connectivity index (χ0n) is 19.4. The first-order valence-electron chi connectivity index (χ1n) is 10.8. The number of carboxylic acids is 1. The van der Waals surface area contributed by atoms with E-state index in [1.807, 2.05) is 4.57 Å². The molecule has 0 saturated heterocycles. The number of benzene rings is 1. The van der Waals surface area contributed by atoms with Crippen LogP contribution in [0.3, 0.4) is 0 Å². The third kappa shape index (κ3) is 5.13. The first-order chi connectivity index (χ1) is 16.6. The number of nitrogens with two attached hydrogens (primary N) is 1. The van der Waals surface area contributed by atoms with Crippen molar-refractivity contribution in [2.45, 2.75) is 31.8 Å². The number of carboxylic acid groups (broad SMARTS) is 1. The molecule has 0 aliphatic heterocycles. The Balaban J connectivity index is 1.46. The molecular weight excluding hydrogens is 543 g/mol. The number of fused-ring (bicyclic) bond motifs is 1. The molecule has 1 aliphatic rings. The molecule has 0 amide bonds. The quantitative estimate of drug-likeness (QED) is 0.343. The number of carbonyl (C=O) groups is 1. The Kier molecular flexibility index (Phi) is 7.32. The number of ether oxygens (including phenoxy) is 1. The molecule has 188 valence electrons. The normalized spacial score (nSPS) is 20.3. The summed E-state index contributed by atoms with van der Waals surface area (Å²) in [7, 11) is -1.08. The molecule has 0 bridgehead atoms. The standard InChI is InChI=1S/C21H26BrN6O6P/c1-12(20(29)30)27(2)35(31,34-16-7-5-4-6-15(16)22)33-10-13-8-14(9-13)28-11-24-17-18(28)25-21(23)26-19(17)32-3/h4-7,11-14H,8-10H2,1-3H3,(H,29,30)(H2,23,25,26). The molecule has 1 aliphatic carbocycles. The zero-order chi connectivity index (χ0) is 25.3. The molecule has 4 rings (SSSR count). The van der Waals surface area contributed by atoms with E-state index in [4.69, 9.17) is 19.5 Å². The molecule has 14 heteroatoms. The van der Waals surface area contributed by atoms with Crippen LogP contribution in [0.15, 0.2) is 35.1 Å². The van der Waals surface area contributed by atoms with E-state index in [9.17, 15) is 14.5 Å². The van der Waals surface area contributed by atoms with Crippen LogP contribution >= 0.6 is 23.7 Å². The highest BCUT2D eigenvalue weighted by atomic mass is 79.9. The van der Waals surface area contributed by atoms with Crippen molar-refractivity contribution < 1.29 is 28.3 Å². The Labute approximate surface area is 210 Å². The number of aromatic nitrogens is 4. The summed E-state index contributed by atoms with van der Waals surface area (Å²) in [4.78, 5) is 24.2. The lowest BCUT2D eigenvalue weighted by Gasteiger charge is -2.37. The smallest absolute Gasteiger partial charge is 0.461 e. The second kappa shape index (κ2) is 10.1. The lowest BCUT2D eigenvalue weighted by Crippen LogP contribution is -2.36. The molecule has 1 saturated carbocycles.